The molecule has 0 saturated carbocycles. The molecule has 1 aromatic carbocycles. The van der Waals surface area contributed by atoms with Crippen LogP contribution in [-0.4, -0.2) is 34.6 Å². The van der Waals surface area contributed by atoms with Crippen LogP contribution in [0, 0.1) is 5.82 Å². The lowest BCUT2D eigenvalue weighted by Gasteiger charge is -2.20. The van der Waals surface area contributed by atoms with Gasteiger partial charge in [-0.05, 0) is 30.2 Å². The molecule has 0 aromatic heterocycles. The second-order valence-electron chi connectivity index (χ2n) is 4.66. The zero-order chi connectivity index (χ0) is 13.3. The fraction of sp³-hybridized carbons (Fsp3) is 0.417. The van der Waals surface area contributed by atoms with Crippen molar-refractivity contribution in [3.63, 3.8) is 0 Å². The summed E-state index contributed by atoms with van der Waals surface area (Å²) in [6.45, 7) is 1.38. The summed E-state index contributed by atoms with van der Waals surface area (Å²) in [5.41, 5.74) is 5.40. The highest BCUT2D eigenvalue weighted by Gasteiger charge is 2.41. The first-order chi connectivity index (χ1) is 8.40. The van der Waals surface area contributed by atoms with Crippen molar-refractivity contribution < 1.29 is 14.3 Å². The van der Waals surface area contributed by atoms with Crippen LogP contribution in [0.5, 0.6) is 0 Å². The molecule has 1 aliphatic heterocycles. The maximum absolute atomic E-state index is 13.1. The highest BCUT2D eigenvalue weighted by molar-refractivity contribution is 9.10. The van der Waals surface area contributed by atoms with Crippen LogP contribution in [0.15, 0.2) is 22.7 Å². The predicted molar refractivity (Wildman–Crippen MR) is 68.5 cm³/mol. The van der Waals surface area contributed by atoms with Gasteiger partial charge in [-0.2, -0.15) is 0 Å². The fourth-order valence-corrected chi connectivity index (χ4v) is 2.50. The minimum atomic E-state index is -1.18. The molecule has 1 fully saturated rings. The third-order valence-corrected chi connectivity index (χ3v) is 3.98. The number of benzene rings is 1. The molecule has 1 saturated heterocycles. The van der Waals surface area contributed by atoms with Gasteiger partial charge in [-0.25, -0.2) is 4.39 Å². The van der Waals surface area contributed by atoms with Gasteiger partial charge in [0.2, 0.25) is 0 Å². The number of carboxylic acids is 1. The maximum Gasteiger partial charge on any atom is 0.325 e. The second kappa shape index (κ2) is 4.95. The molecule has 1 aliphatic rings. The summed E-state index contributed by atoms with van der Waals surface area (Å²) < 4.78 is 14.0. The highest BCUT2D eigenvalue weighted by Crippen LogP contribution is 2.24. The van der Waals surface area contributed by atoms with E-state index in [-0.39, 0.29) is 12.4 Å². The molecular formula is C12H14BrFN2O2. The van der Waals surface area contributed by atoms with Gasteiger partial charge in [0.15, 0.2) is 0 Å². The minimum absolute atomic E-state index is 0.283. The van der Waals surface area contributed by atoms with E-state index in [1.807, 2.05) is 4.90 Å². The Hall–Kier alpha value is -0.980. The van der Waals surface area contributed by atoms with Gasteiger partial charge in [-0.15, -0.1) is 0 Å². The Kier molecular flexibility index (Phi) is 3.70. The number of aliphatic carboxylic acids is 1. The Bertz CT molecular complexity index is 483. The number of hydrogen-bond acceptors (Lipinski definition) is 3. The van der Waals surface area contributed by atoms with Crippen LogP contribution in [0.25, 0.3) is 0 Å². The number of carbonyl (C=O) groups is 1. The largest absolute Gasteiger partial charge is 0.480 e. The summed E-state index contributed by atoms with van der Waals surface area (Å²) in [7, 11) is 0. The van der Waals surface area contributed by atoms with Gasteiger partial charge in [0.05, 0.1) is 0 Å². The van der Waals surface area contributed by atoms with Gasteiger partial charge in [0.1, 0.15) is 11.4 Å². The quantitative estimate of drug-likeness (QED) is 0.888. The summed E-state index contributed by atoms with van der Waals surface area (Å²) in [6, 6.07) is 4.47. The maximum atomic E-state index is 13.1. The summed E-state index contributed by atoms with van der Waals surface area (Å²) >= 11 is 3.35. The first-order valence-electron chi connectivity index (χ1n) is 5.59. The van der Waals surface area contributed by atoms with Crippen LogP contribution in [0.2, 0.25) is 0 Å². The van der Waals surface area contributed by atoms with E-state index in [1.165, 1.54) is 12.1 Å². The van der Waals surface area contributed by atoms with Crippen molar-refractivity contribution in [2.24, 2.45) is 5.73 Å². The molecule has 1 unspecified atom stereocenters. The van der Waals surface area contributed by atoms with E-state index in [0.29, 0.717) is 19.5 Å². The van der Waals surface area contributed by atoms with Gasteiger partial charge >= 0.3 is 5.97 Å². The molecule has 1 aromatic rings. The number of nitrogens with zero attached hydrogens (tertiary/aromatic N) is 1. The first-order valence-corrected chi connectivity index (χ1v) is 6.38. The molecule has 0 amide bonds. The number of carboxylic acid groups (broad SMARTS) is 1. The van der Waals surface area contributed by atoms with Crippen molar-refractivity contribution in [1.82, 2.24) is 4.90 Å². The Labute approximate surface area is 113 Å². The molecule has 3 N–H and O–H groups in total. The molecule has 18 heavy (non-hydrogen) atoms. The molecule has 2 rings (SSSR count). The molecule has 0 aliphatic carbocycles. The van der Waals surface area contributed by atoms with Crippen LogP contribution in [-0.2, 0) is 11.3 Å². The van der Waals surface area contributed by atoms with Crippen molar-refractivity contribution in [2.45, 2.75) is 18.5 Å². The van der Waals surface area contributed by atoms with E-state index in [4.69, 9.17) is 10.8 Å². The number of hydrogen-bond donors (Lipinski definition) is 2. The molecular weight excluding hydrogens is 303 g/mol. The van der Waals surface area contributed by atoms with E-state index < -0.39 is 11.5 Å². The van der Waals surface area contributed by atoms with Crippen molar-refractivity contribution in [3.05, 3.63) is 34.1 Å². The van der Waals surface area contributed by atoms with Crippen molar-refractivity contribution in [3.8, 4) is 0 Å². The van der Waals surface area contributed by atoms with Crippen LogP contribution in [0.1, 0.15) is 12.0 Å². The molecule has 0 radical (unpaired) electrons. The smallest absolute Gasteiger partial charge is 0.325 e. The van der Waals surface area contributed by atoms with Crippen LogP contribution in [0.4, 0.5) is 4.39 Å². The minimum Gasteiger partial charge on any atom is -0.480 e. The van der Waals surface area contributed by atoms with Crippen molar-refractivity contribution in [2.75, 3.05) is 13.1 Å². The van der Waals surface area contributed by atoms with Gasteiger partial charge in [-0.3, -0.25) is 9.69 Å². The van der Waals surface area contributed by atoms with Gasteiger partial charge in [0.25, 0.3) is 0 Å². The Morgan fingerprint density at radius 2 is 2.33 bits per heavy atom. The van der Waals surface area contributed by atoms with Crippen LogP contribution >= 0.6 is 15.9 Å². The predicted octanol–water partition coefficient (Wildman–Crippen LogP) is 1.58. The Morgan fingerprint density at radius 1 is 1.61 bits per heavy atom. The third kappa shape index (κ3) is 2.71. The third-order valence-electron chi connectivity index (χ3n) is 3.21. The molecule has 0 bridgehead atoms. The average molecular weight is 317 g/mol. The lowest BCUT2D eigenvalue weighted by atomic mass is 10.0. The summed E-state index contributed by atoms with van der Waals surface area (Å²) in [6.07, 6.45) is 0.412. The summed E-state index contributed by atoms with van der Waals surface area (Å²) in [4.78, 5) is 12.9. The lowest BCUT2D eigenvalue weighted by molar-refractivity contribution is -0.142. The normalized spacial score (nSPS) is 24.4. The van der Waals surface area contributed by atoms with Crippen molar-refractivity contribution in [1.29, 1.82) is 0 Å². The highest BCUT2D eigenvalue weighted by atomic mass is 79.9. The van der Waals surface area contributed by atoms with Crippen LogP contribution in [0.3, 0.4) is 0 Å². The van der Waals surface area contributed by atoms with Gasteiger partial charge in [-0.1, -0.05) is 15.9 Å². The number of halogens is 2. The number of nitrogens with two attached hydrogens (primary N) is 1. The van der Waals surface area contributed by atoms with Gasteiger partial charge < -0.3 is 10.8 Å². The second-order valence-corrected chi connectivity index (χ2v) is 5.51. The fourth-order valence-electron chi connectivity index (χ4n) is 2.13. The zero-order valence-electron chi connectivity index (χ0n) is 9.70. The van der Waals surface area contributed by atoms with E-state index >= 15 is 0 Å². The van der Waals surface area contributed by atoms with Crippen molar-refractivity contribution >= 4 is 21.9 Å². The number of rotatable bonds is 3. The Morgan fingerprint density at radius 3 is 2.94 bits per heavy atom. The standard InChI is InChI=1S/C12H14BrFN2O2/c13-10-2-1-9(14)5-8(10)6-16-4-3-12(15,7-16)11(17)18/h1-2,5H,3-4,6-7,15H2,(H,17,18). The van der Waals surface area contributed by atoms with E-state index in [2.05, 4.69) is 15.9 Å². The SMILES string of the molecule is NC1(C(=O)O)CCN(Cc2cc(F)ccc2Br)C1. The van der Waals surface area contributed by atoms with E-state index in [0.717, 1.165) is 10.0 Å². The monoisotopic (exact) mass is 316 g/mol. The number of likely N-dealkylation sites (tertiary alicyclic amines) is 1. The first kappa shape index (κ1) is 13.5. The molecule has 1 atom stereocenters. The van der Waals surface area contributed by atoms with E-state index in [9.17, 15) is 9.18 Å². The summed E-state index contributed by atoms with van der Waals surface area (Å²) in [5, 5.41) is 9.03. The summed E-state index contributed by atoms with van der Waals surface area (Å²) in [5.74, 6) is -1.28. The van der Waals surface area contributed by atoms with E-state index in [1.54, 1.807) is 6.07 Å². The Balaban J connectivity index is 2.08. The molecule has 98 valence electrons. The molecule has 1 heterocycles. The van der Waals surface area contributed by atoms with Gasteiger partial charge in [0, 0.05) is 24.1 Å². The topological polar surface area (TPSA) is 66.6 Å². The zero-order valence-corrected chi connectivity index (χ0v) is 11.3. The lowest BCUT2D eigenvalue weighted by Crippen LogP contribution is -2.50. The average Bonchev–Trinajstić information content (AvgIpc) is 2.67. The van der Waals surface area contributed by atoms with Crippen LogP contribution < -0.4 is 5.73 Å². The molecule has 6 heteroatoms. The molecule has 4 nitrogen and oxygen atoms in total. The molecule has 0 spiro atoms.